The summed E-state index contributed by atoms with van der Waals surface area (Å²) in [7, 11) is 0. The Kier molecular flexibility index (Phi) is 2.12. The predicted octanol–water partition coefficient (Wildman–Crippen LogP) is 2.79. The molecule has 0 spiro atoms. The van der Waals surface area contributed by atoms with Crippen molar-refractivity contribution in [3.63, 3.8) is 0 Å². The highest BCUT2D eigenvalue weighted by Gasteiger charge is 2.23. The standard InChI is InChI=1S/C12H16O/c1-12(2)7-10-5-3-4-6-11(10)8-13-9-12/h3-6H,7-9H2,1-2H3. The molecule has 13 heavy (non-hydrogen) atoms. The molecule has 0 bridgehead atoms. The zero-order valence-electron chi connectivity index (χ0n) is 8.34. The van der Waals surface area contributed by atoms with Gasteiger partial charge in [0.05, 0.1) is 13.2 Å². The van der Waals surface area contributed by atoms with Crippen LogP contribution in [0.3, 0.4) is 0 Å². The van der Waals surface area contributed by atoms with Crippen LogP contribution in [0.2, 0.25) is 0 Å². The van der Waals surface area contributed by atoms with Crippen LogP contribution in [0, 0.1) is 5.41 Å². The smallest absolute Gasteiger partial charge is 0.0719 e. The van der Waals surface area contributed by atoms with E-state index in [0.717, 1.165) is 19.6 Å². The van der Waals surface area contributed by atoms with Crippen molar-refractivity contribution in [1.29, 1.82) is 0 Å². The third-order valence-electron chi connectivity index (χ3n) is 2.54. The first kappa shape index (κ1) is 8.76. The van der Waals surface area contributed by atoms with Crippen LogP contribution in [-0.2, 0) is 17.8 Å². The summed E-state index contributed by atoms with van der Waals surface area (Å²) in [5.74, 6) is 0. The molecule has 1 aliphatic rings. The Labute approximate surface area is 79.7 Å². The van der Waals surface area contributed by atoms with Gasteiger partial charge >= 0.3 is 0 Å². The van der Waals surface area contributed by atoms with Crippen molar-refractivity contribution in [2.75, 3.05) is 6.61 Å². The number of ether oxygens (including phenoxy) is 1. The minimum absolute atomic E-state index is 0.284. The molecule has 0 radical (unpaired) electrons. The quantitative estimate of drug-likeness (QED) is 0.590. The Morgan fingerprint density at radius 1 is 1.15 bits per heavy atom. The Bertz CT molecular complexity index is 302. The average molecular weight is 176 g/mol. The Hall–Kier alpha value is -0.820. The van der Waals surface area contributed by atoms with Crippen LogP contribution in [0.1, 0.15) is 25.0 Å². The van der Waals surface area contributed by atoms with E-state index in [0.29, 0.717) is 0 Å². The Balaban J connectivity index is 2.34. The van der Waals surface area contributed by atoms with E-state index >= 15 is 0 Å². The third kappa shape index (κ3) is 1.92. The SMILES string of the molecule is CC1(C)COCc2ccccc2C1. The third-order valence-corrected chi connectivity index (χ3v) is 2.54. The molecule has 1 heteroatoms. The number of hydrogen-bond donors (Lipinski definition) is 0. The molecule has 0 aromatic heterocycles. The molecule has 1 aliphatic heterocycles. The highest BCUT2D eigenvalue weighted by atomic mass is 16.5. The van der Waals surface area contributed by atoms with Crippen molar-refractivity contribution >= 4 is 0 Å². The number of hydrogen-bond acceptors (Lipinski definition) is 1. The Morgan fingerprint density at radius 2 is 1.85 bits per heavy atom. The summed E-state index contributed by atoms with van der Waals surface area (Å²) in [5.41, 5.74) is 3.09. The van der Waals surface area contributed by atoms with Gasteiger partial charge in [-0.3, -0.25) is 0 Å². The highest BCUT2D eigenvalue weighted by molar-refractivity contribution is 5.28. The van der Waals surface area contributed by atoms with Gasteiger partial charge in [-0.25, -0.2) is 0 Å². The fourth-order valence-corrected chi connectivity index (χ4v) is 1.87. The zero-order chi connectivity index (χ0) is 9.31. The average Bonchev–Trinajstić information content (AvgIpc) is 2.21. The van der Waals surface area contributed by atoms with Gasteiger partial charge in [-0.15, -0.1) is 0 Å². The summed E-state index contributed by atoms with van der Waals surface area (Å²) < 4.78 is 5.64. The molecule has 2 rings (SSSR count). The lowest BCUT2D eigenvalue weighted by molar-refractivity contribution is 0.0609. The second kappa shape index (κ2) is 3.15. The molecule has 0 fully saturated rings. The van der Waals surface area contributed by atoms with Crippen molar-refractivity contribution in [2.45, 2.75) is 26.9 Å². The molecule has 0 saturated heterocycles. The fraction of sp³-hybridized carbons (Fsp3) is 0.500. The number of rotatable bonds is 0. The van der Waals surface area contributed by atoms with Crippen LogP contribution in [0.25, 0.3) is 0 Å². The number of fused-ring (bicyclic) bond motifs is 1. The maximum atomic E-state index is 5.64. The summed E-state index contributed by atoms with van der Waals surface area (Å²) in [6, 6.07) is 8.57. The van der Waals surface area contributed by atoms with Crippen molar-refractivity contribution in [2.24, 2.45) is 5.41 Å². The van der Waals surface area contributed by atoms with Crippen molar-refractivity contribution in [3.05, 3.63) is 35.4 Å². The van der Waals surface area contributed by atoms with Crippen LogP contribution >= 0.6 is 0 Å². The minimum atomic E-state index is 0.284. The first-order valence-electron chi connectivity index (χ1n) is 4.82. The molecule has 1 aromatic rings. The van der Waals surface area contributed by atoms with Gasteiger partial charge in [0, 0.05) is 0 Å². The van der Waals surface area contributed by atoms with E-state index in [2.05, 4.69) is 38.1 Å². The summed E-state index contributed by atoms with van der Waals surface area (Å²) in [6.07, 6.45) is 1.13. The van der Waals surface area contributed by atoms with Crippen LogP contribution in [0.4, 0.5) is 0 Å². The first-order valence-corrected chi connectivity index (χ1v) is 4.82. The second-order valence-electron chi connectivity index (χ2n) is 4.60. The van der Waals surface area contributed by atoms with Crippen LogP contribution in [0.15, 0.2) is 24.3 Å². The van der Waals surface area contributed by atoms with Crippen molar-refractivity contribution in [3.8, 4) is 0 Å². The molecular formula is C12H16O. The van der Waals surface area contributed by atoms with Crippen LogP contribution < -0.4 is 0 Å². The Morgan fingerprint density at radius 3 is 2.62 bits per heavy atom. The van der Waals surface area contributed by atoms with Crippen molar-refractivity contribution < 1.29 is 4.74 Å². The molecular weight excluding hydrogens is 160 g/mol. The lowest BCUT2D eigenvalue weighted by Gasteiger charge is -2.21. The van der Waals surface area contributed by atoms with Gasteiger partial charge in [-0.2, -0.15) is 0 Å². The van der Waals surface area contributed by atoms with Crippen LogP contribution in [-0.4, -0.2) is 6.61 Å². The van der Waals surface area contributed by atoms with Crippen LogP contribution in [0.5, 0.6) is 0 Å². The summed E-state index contributed by atoms with van der Waals surface area (Å²) in [6.45, 7) is 6.16. The van der Waals surface area contributed by atoms with Gasteiger partial charge in [-0.1, -0.05) is 38.1 Å². The van der Waals surface area contributed by atoms with Gasteiger partial charge < -0.3 is 4.74 Å². The summed E-state index contributed by atoms with van der Waals surface area (Å²) in [4.78, 5) is 0. The maximum Gasteiger partial charge on any atom is 0.0719 e. The normalized spacial score (nSPS) is 20.5. The zero-order valence-corrected chi connectivity index (χ0v) is 8.34. The molecule has 0 amide bonds. The molecule has 0 aliphatic carbocycles. The molecule has 0 saturated carbocycles. The summed E-state index contributed by atoms with van der Waals surface area (Å²) >= 11 is 0. The first-order chi connectivity index (χ1) is 6.17. The van der Waals surface area contributed by atoms with Gasteiger partial charge in [-0.05, 0) is 23.0 Å². The second-order valence-corrected chi connectivity index (χ2v) is 4.60. The van der Waals surface area contributed by atoms with Gasteiger partial charge in [0.15, 0.2) is 0 Å². The van der Waals surface area contributed by atoms with E-state index in [4.69, 9.17) is 4.74 Å². The maximum absolute atomic E-state index is 5.64. The van der Waals surface area contributed by atoms with Gasteiger partial charge in [0.2, 0.25) is 0 Å². The molecule has 0 atom stereocenters. The highest BCUT2D eigenvalue weighted by Crippen LogP contribution is 2.28. The molecule has 0 unspecified atom stereocenters. The van der Waals surface area contributed by atoms with Gasteiger partial charge in [0.1, 0.15) is 0 Å². The minimum Gasteiger partial charge on any atom is -0.376 e. The van der Waals surface area contributed by atoms with Crippen molar-refractivity contribution in [1.82, 2.24) is 0 Å². The molecule has 1 aromatic carbocycles. The molecule has 0 N–H and O–H groups in total. The fourth-order valence-electron chi connectivity index (χ4n) is 1.87. The lowest BCUT2D eigenvalue weighted by Crippen LogP contribution is -2.19. The molecule has 1 heterocycles. The summed E-state index contributed by atoms with van der Waals surface area (Å²) in [5, 5.41) is 0. The number of benzene rings is 1. The topological polar surface area (TPSA) is 9.23 Å². The monoisotopic (exact) mass is 176 g/mol. The van der Waals surface area contributed by atoms with E-state index in [9.17, 15) is 0 Å². The molecule has 1 nitrogen and oxygen atoms in total. The lowest BCUT2D eigenvalue weighted by atomic mass is 9.86. The van der Waals surface area contributed by atoms with E-state index in [1.54, 1.807) is 0 Å². The van der Waals surface area contributed by atoms with E-state index in [1.807, 2.05) is 0 Å². The van der Waals surface area contributed by atoms with E-state index < -0.39 is 0 Å². The van der Waals surface area contributed by atoms with Gasteiger partial charge in [0.25, 0.3) is 0 Å². The molecule has 70 valence electrons. The predicted molar refractivity (Wildman–Crippen MR) is 53.6 cm³/mol. The van der Waals surface area contributed by atoms with E-state index in [-0.39, 0.29) is 5.41 Å². The largest absolute Gasteiger partial charge is 0.376 e. The van der Waals surface area contributed by atoms with E-state index in [1.165, 1.54) is 11.1 Å².